The number of carbonyl (C=O) groups is 2. The lowest BCUT2D eigenvalue weighted by atomic mass is 10.1. The fourth-order valence-corrected chi connectivity index (χ4v) is 5.53. The number of ether oxygens (including phenoxy) is 1. The minimum absolute atomic E-state index is 0.0602. The average molecular weight is 617 g/mol. The predicted molar refractivity (Wildman–Crippen MR) is 156 cm³/mol. The van der Waals surface area contributed by atoms with E-state index in [9.17, 15) is 18.0 Å². The minimum atomic E-state index is -4.09. The molecule has 1 N–H and O–H groups in total. The molecule has 0 saturated carbocycles. The molecular formula is C29H34BrN3O5S. The summed E-state index contributed by atoms with van der Waals surface area (Å²) in [6.07, 6.45) is 0.734. The van der Waals surface area contributed by atoms with E-state index in [0.29, 0.717) is 11.4 Å². The summed E-state index contributed by atoms with van der Waals surface area (Å²) in [5.41, 5.74) is 1.10. The van der Waals surface area contributed by atoms with Crippen molar-refractivity contribution < 1.29 is 22.7 Å². The van der Waals surface area contributed by atoms with Crippen LogP contribution in [-0.2, 0) is 26.2 Å². The monoisotopic (exact) mass is 615 g/mol. The lowest BCUT2D eigenvalue weighted by molar-refractivity contribution is -0.139. The molecule has 208 valence electrons. The molecule has 8 nitrogen and oxygen atoms in total. The van der Waals surface area contributed by atoms with Crippen molar-refractivity contribution in [1.29, 1.82) is 0 Å². The summed E-state index contributed by atoms with van der Waals surface area (Å²) in [6.45, 7) is 5.12. The number of methoxy groups -OCH3 is 1. The zero-order valence-corrected chi connectivity index (χ0v) is 24.9. The number of benzene rings is 3. The number of nitrogens with one attached hydrogen (secondary N) is 1. The second kappa shape index (κ2) is 13.6. The zero-order chi connectivity index (χ0) is 28.6. The molecule has 0 aliphatic heterocycles. The maximum Gasteiger partial charge on any atom is 0.264 e. The molecule has 0 radical (unpaired) electrons. The molecule has 3 aromatic rings. The Bertz CT molecular complexity index is 1350. The van der Waals surface area contributed by atoms with Crippen LogP contribution in [0.2, 0.25) is 0 Å². The SMILES string of the molecule is CCC(C)NC(=O)C(C)N(Cc1ccc(OC)cc1)C(=O)CN(c1ccc(Br)cc1)S(=O)(=O)c1ccccc1. The van der Waals surface area contributed by atoms with E-state index in [1.54, 1.807) is 68.6 Å². The Labute approximate surface area is 239 Å². The second-order valence-electron chi connectivity index (χ2n) is 9.16. The van der Waals surface area contributed by atoms with E-state index < -0.39 is 28.5 Å². The van der Waals surface area contributed by atoms with Crippen LogP contribution in [-0.4, -0.2) is 50.9 Å². The van der Waals surface area contributed by atoms with Crippen molar-refractivity contribution in [2.24, 2.45) is 0 Å². The van der Waals surface area contributed by atoms with Gasteiger partial charge < -0.3 is 15.0 Å². The first-order valence-electron chi connectivity index (χ1n) is 12.6. The summed E-state index contributed by atoms with van der Waals surface area (Å²) in [4.78, 5) is 28.5. The summed E-state index contributed by atoms with van der Waals surface area (Å²) in [5, 5.41) is 2.93. The molecule has 3 rings (SSSR count). The van der Waals surface area contributed by atoms with Gasteiger partial charge in [0.1, 0.15) is 18.3 Å². The third kappa shape index (κ3) is 7.83. The van der Waals surface area contributed by atoms with Gasteiger partial charge in [0, 0.05) is 17.1 Å². The average Bonchev–Trinajstić information content (AvgIpc) is 2.95. The molecule has 10 heteroatoms. The molecule has 0 heterocycles. The Morgan fingerprint density at radius 2 is 1.56 bits per heavy atom. The lowest BCUT2D eigenvalue weighted by Gasteiger charge is -2.32. The first-order valence-corrected chi connectivity index (χ1v) is 14.9. The van der Waals surface area contributed by atoms with E-state index in [1.165, 1.54) is 17.0 Å². The first-order chi connectivity index (χ1) is 18.6. The fraction of sp³-hybridized carbons (Fsp3) is 0.310. The summed E-state index contributed by atoms with van der Waals surface area (Å²) < 4.78 is 34.6. The molecule has 39 heavy (non-hydrogen) atoms. The molecule has 0 aliphatic carbocycles. The predicted octanol–water partition coefficient (Wildman–Crippen LogP) is 4.99. The molecule has 0 aliphatic rings. The number of carbonyl (C=O) groups excluding carboxylic acids is 2. The van der Waals surface area contributed by atoms with Crippen LogP contribution in [0.15, 0.2) is 88.2 Å². The number of anilines is 1. The molecule has 3 aromatic carbocycles. The van der Waals surface area contributed by atoms with Gasteiger partial charge in [0.2, 0.25) is 11.8 Å². The van der Waals surface area contributed by atoms with Crippen LogP contribution in [0, 0.1) is 0 Å². The number of nitrogens with zero attached hydrogens (tertiary/aromatic N) is 2. The standard InChI is InChI=1S/C29H34BrN3O5S/c1-5-21(2)31-29(35)22(3)32(19-23-11-17-26(38-4)18-12-23)28(34)20-33(25-15-13-24(30)14-16-25)39(36,37)27-9-7-6-8-10-27/h6-18,21-22H,5,19-20H2,1-4H3,(H,31,35). The number of halogens is 1. The molecule has 0 bridgehead atoms. The van der Waals surface area contributed by atoms with Crippen molar-refractivity contribution in [3.63, 3.8) is 0 Å². The van der Waals surface area contributed by atoms with Gasteiger partial charge in [-0.3, -0.25) is 13.9 Å². The molecular weight excluding hydrogens is 582 g/mol. The van der Waals surface area contributed by atoms with Crippen molar-refractivity contribution >= 4 is 43.5 Å². The number of rotatable bonds is 12. The summed E-state index contributed by atoms with van der Waals surface area (Å²) in [5.74, 6) is -0.165. The second-order valence-corrected chi connectivity index (χ2v) is 11.9. The van der Waals surface area contributed by atoms with Gasteiger partial charge in [-0.05, 0) is 74.4 Å². The molecule has 2 unspecified atom stereocenters. The van der Waals surface area contributed by atoms with E-state index in [1.807, 2.05) is 26.0 Å². The summed E-state index contributed by atoms with van der Waals surface area (Å²) >= 11 is 3.38. The zero-order valence-electron chi connectivity index (χ0n) is 22.5. The third-order valence-electron chi connectivity index (χ3n) is 6.40. The Morgan fingerprint density at radius 1 is 0.949 bits per heavy atom. The highest BCUT2D eigenvalue weighted by molar-refractivity contribution is 9.10. The van der Waals surface area contributed by atoms with Crippen LogP contribution >= 0.6 is 15.9 Å². The van der Waals surface area contributed by atoms with E-state index in [-0.39, 0.29) is 23.4 Å². The van der Waals surface area contributed by atoms with Crippen LogP contribution in [0.5, 0.6) is 5.75 Å². The number of hydrogen-bond donors (Lipinski definition) is 1. The molecule has 0 saturated heterocycles. The van der Waals surface area contributed by atoms with Gasteiger partial charge in [0.15, 0.2) is 0 Å². The highest BCUT2D eigenvalue weighted by Crippen LogP contribution is 2.26. The lowest BCUT2D eigenvalue weighted by Crippen LogP contribution is -2.52. The molecule has 2 atom stereocenters. The van der Waals surface area contributed by atoms with Gasteiger partial charge in [-0.15, -0.1) is 0 Å². The largest absolute Gasteiger partial charge is 0.497 e. The maximum absolute atomic E-state index is 13.9. The first kappa shape index (κ1) is 30.2. The van der Waals surface area contributed by atoms with Gasteiger partial charge in [0.05, 0.1) is 17.7 Å². The highest BCUT2D eigenvalue weighted by atomic mass is 79.9. The van der Waals surface area contributed by atoms with Crippen molar-refractivity contribution in [1.82, 2.24) is 10.2 Å². The minimum Gasteiger partial charge on any atom is -0.497 e. The van der Waals surface area contributed by atoms with E-state index in [0.717, 1.165) is 20.8 Å². The van der Waals surface area contributed by atoms with Crippen LogP contribution in [0.3, 0.4) is 0 Å². The Kier molecular flexibility index (Phi) is 10.5. The topological polar surface area (TPSA) is 96.0 Å². The quantitative estimate of drug-likeness (QED) is 0.310. The van der Waals surface area contributed by atoms with Gasteiger partial charge in [0.25, 0.3) is 10.0 Å². The van der Waals surface area contributed by atoms with Gasteiger partial charge in [-0.25, -0.2) is 8.42 Å². The Hall–Kier alpha value is -3.37. The van der Waals surface area contributed by atoms with E-state index >= 15 is 0 Å². The maximum atomic E-state index is 13.9. The van der Waals surface area contributed by atoms with Crippen molar-refractivity contribution in [2.45, 2.75) is 50.7 Å². The van der Waals surface area contributed by atoms with Crippen LogP contribution in [0.4, 0.5) is 5.69 Å². The smallest absolute Gasteiger partial charge is 0.264 e. The van der Waals surface area contributed by atoms with Crippen LogP contribution in [0.25, 0.3) is 0 Å². The number of hydrogen-bond acceptors (Lipinski definition) is 5. The van der Waals surface area contributed by atoms with Crippen molar-refractivity contribution in [3.8, 4) is 5.75 Å². The number of amides is 2. The summed E-state index contributed by atoms with van der Waals surface area (Å²) in [6, 6.07) is 20.9. The molecule has 2 amide bonds. The van der Waals surface area contributed by atoms with Crippen LogP contribution < -0.4 is 14.4 Å². The number of sulfonamides is 1. The van der Waals surface area contributed by atoms with Crippen molar-refractivity contribution in [2.75, 3.05) is 18.0 Å². The van der Waals surface area contributed by atoms with Gasteiger partial charge in [-0.2, -0.15) is 0 Å². The highest BCUT2D eigenvalue weighted by Gasteiger charge is 2.32. The Balaban J connectivity index is 2.00. The Morgan fingerprint density at radius 3 is 2.13 bits per heavy atom. The third-order valence-corrected chi connectivity index (χ3v) is 8.72. The van der Waals surface area contributed by atoms with Gasteiger partial charge in [-0.1, -0.05) is 53.2 Å². The van der Waals surface area contributed by atoms with Crippen molar-refractivity contribution in [3.05, 3.63) is 88.9 Å². The van der Waals surface area contributed by atoms with Gasteiger partial charge >= 0.3 is 0 Å². The van der Waals surface area contributed by atoms with E-state index in [2.05, 4.69) is 21.2 Å². The van der Waals surface area contributed by atoms with E-state index in [4.69, 9.17) is 4.74 Å². The molecule has 0 spiro atoms. The van der Waals surface area contributed by atoms with Crippen LogP contribution in [0.1, 0.15) is 32.8 Å². The normalized spacial score (nSPS) is 12.7. The molecule has 0 aromatic heterocycles. The fourth-order valence-electron chi connectivity index (χ4n) is 3.83. The summed E-state index contributed by atoms with van der Waals surface area (Å²) in [7, 11) is -2.53. The molecule has 0 fully saturated rings.